The largest absolute Gasteiger partial charge is 0.493 e. The van der Waals surface area contributed by atoms with Gasteiger partial charge in [0.1, 0.15) is 5.75 Å². The van der Waals surface area contributed by atoms with Crippen molar-refractivity contribution in [3.63, 3.8) is 0 Å². The molecule has 1 saturated heterocycles. The lowest BCUT2D eigenvalue weighted by Gasteiger charge is -2.42. The third kappa shape index (κ3) is 1.67. The van der Waals surface area contributed by atoms with Crippen molar-refractivity contribution in [3.8, 4) is 5.75 Å². The molecule has 2 N–H and O–H groups in total. The van der Waals surface area contributed by atoms with E-state index in [9.17, 15) is 4.79 Å². The number of carbonyl (C=O) groups is 1. The molecule has 2 atom stereocenters. The molecule has 1 aliphatic carbocycles. The van der Waals surface area contributed by atoms with Crippen LogP contribution in [-0.4, -0.2) is 25.6 Å². The van der Waals surface area contributed by atoms with Gasteiger partial charge in [-0.15, -0.1) is 0 Å². The Morgan fingerprint density at radius 2 is 2.45 bits per heavy atom. The number of fused-ring (bicyclic) bond motifs is 2. The summed E-state index contributed by atoms with van der Waals surface area (Å²) in [7, 11) is 0. The maximum Gasteiger partial charge on any atom is 0.228 e. The van der Waals surface area contributed by atoms with Gasteiger partial charge in [0.05, 0.1) is 12.0 Å². The minimum absolute atomic E-state index is 0.126. The predicted octanol–water partition coefficient (Wildman–Crippen LogP) is 1.24. The van der Waals surface area contributed by atoms with Crippen LogP contribution < -0.4 is 15.4 Å². The molecule has 0 radical (unpaired) electrons. The lowest BCUT2D eigenvalue weighted by Crippen LogP contribution is -2.51. The maximum absolute atomic E-state index is 12.5. The Morgan fingerprint density at radius 1 is 1.50 bits per heavy atom. The summed E-state index contributed by atoms with van der Waals surface area (Å²) < 4.78 is 5.68. The third-order valence-electron chi connectivity index (χ3n) is 5.24. The van der Waals surface area contributed by atoms with Gasteiger partial charge in [-0.25, -0.2) is 0 Å². The van der Waals surface area contributed by atoms with Crippen molar-refractivity contribution in [2.75, 3.05) is 19.7 Å². The van der Waals surface area contributed by atoms with E-state index < -0.39 is 0 Å². The minimum atomic E-state index is -0.126. The zero-order valence-corrected chi connectivity index (χ0v) is 11.6. The lowest BCUT2D eigenvalue weighted by molar-refractivity contribution is -0.138. The first-order valence-electron chi connectivity index (χ1n) is 7.52. The molecule has 0 unspecified atom stereocenters. The van der Waals surface area contributed by atoms with Crippen molar-refractivity contribution < 1.29 is 9.53 Å². The van der Waals surface area contributed by atoms with Crippen LogP contribution in [0.3, 0.4) is 0 Å². The monoisotopic (exact) mass is 272 g/mol. The number of hydrogen-bond acceptors (Lipinski definition) is 3. The molecular formula is C16H20N2O2. The third-order valence-corrected chi connectivity index (χ3v) is 5.24. The summed E-state index contributed by atoms with van der Waals surface area (Å²) in [5.41, 5.74) is 2.24. The minimum Gasteiger partial charge on any atom is -0.493 e. The Hall–Kier alpha value is -1.55. The summed E-state index contributed by atoms with van der Waals surface area (Å²) >= 11 is 0. The fraction of sp³-hybridized carbons (Fsp3) is 0.562. The number of rotatable bonds is 3. The second-order valence-corrected chi connectivity index (χ2v) is 6.21. The van der Waals surface area contributed by atoms with Gasteiger partial charge in [0.2, 0.25) is 5.91 Å². The van der Waals surface area contributed by atoms with Crippen LogP contribution in [0.25, 0.3) is 0 Å². The lowest BCUT2D eigenvalue weighted by atomic mass is 9.61. The molecule has 106 valence electrons. The molecule has 2 heterocycles. The number of hydrogen-bond donors (Lipinski definition) is 2. The van der Waals surface area contributed by atoms with Gasteiger partial charge in [-0.05, 0) is 30.9 Å². The highest BCUT2D eigenvalue weighted by molar-refractivity contribution is 5.84. The molecule has 20 heavy (non-hydrogen) atoms. The summed E-state index contributed by atoms with van der Waals surface area (Å²) in [5.74, 6) is 1.74. The number of nitrogens with one attached hydrogen (secondary N) is 2. The van der Waals surface area contributed by atoms with Crippen LogP contribution in [-0.2, 0) is 17.8 Å². The van der Waals surface area contributed by atoms with Gasteiger partial charge in [0.15, 0.2) is 0 Å². The molecule has 4 nitrogen and oxygen atoms in total. The SMILES string of the molecule is O=C(NCc1cccc2c1OCC2)[C@]12CC[C@H]1CNC2. The highest BCUT2D eigenvalue weighted by Crippen LogP contribution is 2.49. The van der Waals surface area contributed by atoms with Gasteiger partial charge < -0.3 is 15.4 Å². The zero-order chi connectivity index (χ0) is 13.6. The van der Waals surface area contributed by atoms with Crippen molar-refractivity contribution in [2.45, 2.75) is 25.8 Å². The molecule has 4 rings (SSSR count). The highest BCUT2D eigenvalue weighted by Gasteiger charge is 2.55. The average molecular weight is 272 g/mol. The van der Waals surface area contributed by atoms with Crippen LogP contribution in [0.4, 0.5) is 0 Å². The number of carbonyl (C=O) groups excluding carboxylic acids is 1. The topological polar surface area (TPSA) is 50.4 Å². The van der Waals surface area contributed by atoms with Crippen LogP contribution in [0, 0.1) is 11.3 Å². The molecule has 0 bridgehead atoms. The first-order chi connectivity index (χ1) is 9.79. The van der Waals surface area contributed by atoms with E-state index in [-0.39, 0.29) is 11.3 Å². The van der Waals surface area contributed by atoms with Crippen molar-refractivity contribution in [1.82, 2.24) is 10.6 Å². The smallest absolute Gasteiger partial charge is 0.228 e. The fourth-order valence-electron chi connectivity index (χ4n) is 3.85. The molecule has 1 amide bonds. The second-order valence-electron chi connectivity index (χ2n) is 6.21. The van der Waals surface area contributed by atoms with Crippen molar-refractivity contribution in [3.05, 3.63) is 29.3 Å². The summed E-state index contributed by atoms with van der Waals surface area (Å²) in [6.45, 7) is 3.18. The van der Waals surface area contributed by atoms with Crippen LogP contribution in [0.2, 0.25) is 0 Å². The average Bonchev–Trinajstić information content (AvgIpc) is 3.02. The fourth-order valence-corrected chi connectivity index (χ4v) is 3.85. The van der Waals surface area contributed by atoms with Gasteiger partial charge in [0, 0.05) is 25.1 Å². The van der Waals surface area contributed by atoms with Gasteiger partial charge in [-0.3, -0.25) is 4.79 Å². The van der Waals surface area contributed by atoms with Crippen molar-refractivity contribution >= 4 is 5.91 Å². The van der Waals surface area contributed by atoms with E-state index in [2.05, 4.69) is 22.8 Å². The Balaban J connectivity index is 1.46. The second kappa shape index (κ2) is 4.48. The Morgan fingerprint density at radius 3 is 3.25 bits per heavy atom. The van der Waals surface area contributed by atoms with Crippen LogP contribution >= 0.6 is 0 Å². The van der Waals surface area contributed by atoms with E-state index in [0.717, 1.165) is 43.9 Å². The number of benzene rings is 1. The Bertz CT molecular complexity index is 557. The number of amides is 1. The quantitative estimate of drug-likeness (QED) is 0.870. The molecule has 3 aliphatic rings. The molecule has 0 aromatic heterocycles. The molecule has 4 heteroatoms. The van der Waals surface area contributed by atoms with E-state index in [1.54, 1.807) is 0 Å². The molecule has 2 fully saturated rings. The maximum atomic E-state index is 12.5. The first kappa shape index (κ1) is 12.2. The normalized spacial score (nSPS) is 30.1. The summed E-state index contributed by atoms with van der Waals surface area (Å²) in [6.07, 6.45) is 3.19. The standard InChI is InChI=1S/C16H20N2O2/c19-15(16-6-4-13(16)9-17-10-16)18-8-12-3-1-2-11-5-7-20-14(11)12/h1-3,13,17H,4-10H2,(H,18,19)/t13-,16-/m0/s1. The summed E-state index contributed by atoms with van der Waals surface area (Å²) in [5, 5.41) is 6.49. The van der Waals surface area contributed by atoms with Crippen LogP contribution in [0.5, 0.6) is 5.75 Å². The van der Waals surface area contributed by atoms with Gasteiger partial charge in [-0.2, -0.15) is 0 Å². The number of para-hydroxylation sites is 1. The summed E-state index contributed by atoms with van der Waals surface area (Å²) in [6, 6.07) is 6.21. The molecule has 1 aromatic rings. The Labute approximate surface area is 118 Å². The van der Waals surface area contributed by atoms with Crippen molar-refractivity contribution in [2.24, 2.45) is 11.3 Å². The van der Waals surface area contributed by atoms with Gasteiger partial charge in [-0.1, -0.05) is 18.2 Å². The molecule has 0 spiro atoms. The number of ether oxygens (including phenoxy) is 1. The zero-order valence-electron chi connectivity index (χ0n) is 11.6. The molecule has 2 aliphatic heterocycles. The van der Waals surface area contributed by atoms with Gasteiger partial charge in [0.25, 0.3) is 0 Å². The van der Waals surface area contributed by atoms with Crippen LogP contribution in [0.15, 0.2) is 18.2 Å². The summed E-state index contributed by atoms with van der Waals surface area (Å²) in [4.78, 5) is 12.5. The van der Waals surface area contributed by atoms with E-state index in [4.69, 9.17) is 4.74 Å². The van der Waals surface area contributed by atoms with Crippen LogP contribution in [0.1, 0.15) is 24.0 Å². The Kier molecular flexibility index (Phi) is 2.74. The van der Waals surface area contributed by atoms with E-state index in [1.165, 1.54) is 12.0 Å². The molecule has 1 saturated carbocycles. The van der Waals surface area contributed by atoms with E-state index in [0.29, 0.717) is 12.5 Å². The van der Waals surface area contributed by atoms with E-state index >= 15 is 0 Å². The molecule has 1 aromatic carbocycles. The first-order valence-corrected chi connectivity index (χ1v) is 7.52. The van der Waals surface area contributed by atoms with Crippen molar-refractivity contribution in [1.29, 1.82) is 0 Å². The van der Waals surface area contributed by atoms with E-state index in [1.807, 2.05) is 6.07 Å². The van der Waals surface area contributed by atoms with Gasteiger partial charge >= 0.3 is 0 Å². The molecular weight excluding hydrogens is 252 g/mol. The highest BCUT2D eigenvalue weighted by atomic mass is 16.5. The predicted molar refractivity (Wildman–Crippen MR) is 75.5 cm³/mol.